The summed E-state index contributed by atoms with van der Waals surface area (Å²) in [6.07, 6.45) is 1.45. The smallest absolute Gasteiger partial charge is 0.339 e. The van der Waals surface area contributed by atoms with Gasteiger partial charge in [-0.3, -0.25) is 4.79 Å². The molecule has 0 fully saturated rings. The number of pyridine rings is 1. The number of halogens is 2. The largest absolute Gasteiger partial charge is 0.465 e. The minimum absolute atomic E-state index is 0.0886. The second-order valence-corrected chi connectivity index (χ2v) is 6.08. The fraction of sp³-hybridized carbons (Fsp3) is 0.0500. The summed E-state index contributed by atoms with van der Waals surface area (Å²) in [7, 11) is 1.30. The lowest BCUT2D eigenvalue weighted by Gasteiger charge is -2.11. The van der Waals surface area contributed by atoms with Crippen LogP contribution in [0.4, 0.5) is 21.6 Å². The van der Waals surface area contributed by atoms with E-state index in [9.17, 15) is 14.0 Å². The van der Waals surface area contributed by atoms with E-state index in [0.29, 0.717) is 28.3 Å². The number of rotatable bonds is 5. The number of nitrogens with zero attached hydrogens (tertiary/aromatic N) is 1. The van der Waals surface area contributed by atoms with Gasteiger partial charge in [-0.05, 0) is 42.5 Å². The molecule has 8 heteroatoms. The van der Waals surface area contributed by atoms with Gasteiger partial charge in [0.15, 0.2) is 0 Å². The summed E-state index contributed by atoms with van der Waals surface area (Å²) in [5.74, 6) is -1.12. The molecule has 6 nitrogen and oxygen atoms in total. The van der Waals surface area contributed by atoms with Crippen molar-refractivity contribution >= 4 is 40.7 Å². The molecule has 0 radical (unpaired) electrons. The Bertz CT molecular complexity index is 1040. The molecule has 0 aliphatic rings. The van der Waals surface area contributed by atoms with E-state index in [-0.39, 0.29) is 5.02 Å². The summed E-state index contributed by atoms with van der Waals surface area (Å²) in [6.45, 7) is 0. The van der Waals surface area contributed by atoms with E-state index in [4.69, 9.17) is 16.3 Å². The molecule has 1 aromatic heterocycles. The molecule has 2 aromatic carbocycles. The van der Waals surface area contributed by atoms with Crippen molar-refractivity contribution in [3.05, 3.63) is 82.8 Å². The van der Waals surface area contributed by atoms with Crippen LogP contribution in [-0.2, 0) is 4.74 Å². The highest BCUT2D eigenvalue weighted by Gasteiger charge is 2.13. The number of benzene rings is 2. The molecule has 0 spiro atoms. The molecule has 0 bridgehead atoms. The van der Waals surface area contributed by atoms with Gasteiger partial charge in [0.1, 0.15) is 11.6 Å². The topological polar surface area (TPSA) is 80.3 Å². The van der Waals surface area contributed by atoms with E-state index in [0.717, 1.165) is 0 Å². The number of ether oxygens (including phenoxy) is 1. The van der Waals surface area contributed by atoms with Gasteiger partial charge in [-0.2, -0.15) is 0 Å². The number of anilines is 3. The van der Waals surface area contributed by atoms with E-state index < -0.39 is 17.7 Å². The lowest BCUT2D eigenvalue weighted by Crippen LogP contribution is -2.13. The molecule has 0 aliphatic heterocycles. The first-order valence-corrected chi connectivity index (χ1v) is 8.52. The summed E-state index contributed by atoms with van der Waals surface area (Å²) < 4.78 is 18.0. The van der Waals surface area contributed by atoms with Crippen molar-refractivity contribution in [1.82, 2.24) is 4.98 Å². The molecule has 0 unspecified atom stereocenters. The predicted molar refractivity (Wildman–Crippen MR) is 105 cm³/mol. The molecule has 142 valence electrons. The molecular weight excluding hydrogens is 385 g/mol. The first-order chi connectivity index (χ1) is 13.5. The lowest BCUT2D eigenvalue weighted by molar-refractivity contribution is 0.0601. The van der Waals surface area contributed by atoms with Gasteiger partial charge in [-0.25, -0.2) is 14.2 Å². The fourth-order valence-electron chi connectivity index (χ4n) is 2.44. The van der Waals surface area contributed by atoms with Crippen LogP contribution in [0.1, 0.15) is 20.7 Å². The van der Waals surface area contributed by atoms with Crippen LogP contribution in [0.25, 0.3) is 0 Å². The van der Waals surface area contributed by atoms with Crippen molar-refractivity contribution in [1.29, 1.82) is 0 Å². The second-order valence-electron chi connectivity index (χ2n) is 5.67. The summed E-state index contributed by atoms with van der Waals surface area (Å²) in [6, 6.07) is 13.7. The zero-order valence-corrected chi connectivity index (χ0v) is 15.5. The monoisotopic (exact) mass is 399 g/mol. The van der Waals surface area contributed by atoms with Crippen molar-refractivity contribution < 1.29 is 18.7 Å². The van der Waals surface area contributed by atoms with Crippen molar-refractivity contribution in [3.8, 4) is 0 Å². The van der Waals surface area contributed by atoms with Crippen molar-refractivity contribution in [2.75, 3.05) is 17.7 Å². The lowest BCUT2D eigenvalue weighted by atomic mass is 10.1. The molecule has 1 amide bonds. The quantitative estimate of drug-likeness (QED) is 0.610. The van der Waals surface area contributed by atoms with Gasteiger partial charge >= 0.3 is 5.97 Å². The number of nitrogens with one attached hydrogen (secondary N) is 2. The van der Waals surface area contributed by atoms with Gasteiger partial charge in [0, 0.05) is 17.4 Å². The maximum atomic E-state index is 13.2. The van der Waals surface area contributed by atoms with Gasteiger partial charge in [0.25, 0.3) is 5.91 Å². The van der Waals surface area contributed by atoms with E-state index in [1.54, 1.807) is 24.3 Å². The number of para-hydroxylation sites is 1. The van der Waals surface area contributed by atoms with Gasteiger partial charge < -0.3 is 15.4 Å². The highest BCUT2D eigenvalue weighted by atomic mass is 35.5. The number of carbonyl (C=O) groups excluding carboxylic acids is 2. The molecule has 0 atom stereocenters. The van der Waals surface area contributed by atoms with Crippen LogP contribution in [0, 0.1) is 5.82 Å². The minimum Gasteiger partial charge on any atom is -0.465 e. The highest BCUT2D eigenvalue weighted by molar-refractivity contribution is 6.31. The average Bonchev–Trinajstić information content (AvgIpc) is 2.71. The Morgan fingerprint density at radius 2 is 1.89 bits per heavy atom. The van der Waals surface area contributed by atoms with Crippen molar-refractivity contribution in [2.24, 2.45) is 0 Å². The molecule has 3 aromatic rings. The number of esters is 1. The first kappa shape index (κ1) is 19.3. The number of methoxy groups -OCH3 is 1. The Morgan fingerprint density at radius 1 is 1.11 bits per heavy atom. The van der Waals surface area contributed by atoms with Crippen molar-refractivity contribution in [2.45, 2.75) is 0 Å². The van der Waals surface area contributed by atoms with Gasteiger partial charge in [0.2, 0.25) is 0 Å². The zero-order valence-electron chi connectivity index (χ0n) is 14.7. The third kappa shape index (κ3) is 4.44. The second kappa shape index (κ2) is 8.49. The number of amides is 1. The molecule has 0 saturated heterocycles. The molecular formula is C20H15ClFN3O3. The standard InChI is InChI=1S/C20H15ClFN3O3/c1-28-20(27)14-4-2-3-5-17(14)25-18-10-12(8-9-23-18)19(26)24-13-6-7-16(22)15(21)11-13/h2-11H,1H3,(H,23,25)(H,24,26). The number of aromatic nitrogens is 1. The van der Waals surface area contributed by atoms with Crippen LogP contribution in [-0.4, -0.2) is 24.0 Å². The third-order valence-corrected chi connectivity index (χ3v) is 4.08. The Labute approximate surface area is 165 Å². The van der Waals surface area contributed by atoms with E-state index in [2.05, 4.69) is 15.6 Å². The SMILES string of the molecule is COC(=O)c1ccccc1Nc1cc(C(=O)Nc2ccc(F)c(Cl)c2)ccn1. The molecule has 2 N–H and O–H groups in total. The maximum Gasteiger partial charge on any atom is 0.339 e. The van der Waals surface area contributed by atoms with Crippen LogP contribution in [0.2, 0.25) is 5.02 Å². The van der Waals surface area contributed by atoms with E-state index >= 15 is 0 Å². The summed E-state index contributed by atoms with van der Waals surface area (Å²) in [5.41, 5.74) is 1.50. The predicted octanol–water partition coefficient (Wildman–Crippen LogP) is 4.66. The van der Waals surface area contributed by atoms with Crippen LogP contribution >= 0.6 is 11.6 Å². The van der Waals surface area contributed by atoms with Gasteiger partial charge in [0.05, 0.1) is 23.4 Å². The Kier molecular flexibility index (Phi) is 5.86. The number of hydrogen-bond acceptors (Lipinski definition) is 5. The van der Waals surface area contributed by atoms with E-state index in [1.807, 2.05) is 0 Å². The summed E-state index contributed by atoms with van der Waals surface area (Å²) in [5, 5.41) is 5.55. The zero-order chi connectivity index (χ0) is 20.1. The summed E-state index contributed by atoms with van der Waals surface area (Å²) >= 11 is 5.73. The first-order valence-electron chi connectivity index (χ1n) is 8.15. The van der Waals surface area contributed by atoms with Crippen LogP contribution in [0.15, 0.2) is 60.8 Å². The fourth-order valence-corrected chi connectivity index (χ4v) is 2.62. The number of hydrogen-bond donors (Lipinski definition) is 2. The normalized spacial score (nSPS) is 10.2. The molecule has 0 saturated carbocycles. The Balaban J connectivity index is 1.80. The maximum absolute atomic E-state index is 13.2. The average molecular weight is 400 g/mol. The van der Waals surface area contributed by atoms with Crippen molar-refractivity contribution in [3.63, 3.8) is 0 Å². The van der Waals surface area contributed by atoms with Crippen LogP contribution in [0.3, 0.4) is 0 Å². The van der Waals surface area contributed by atoms with Gasteiger partial charge in [-0.15, -0.1) is 0 Å². The minimum atomic E-state index is -0.570. The van der Waals surface area contributed by atoms with E-state index in [1.165, 1.54) is 43.6 Å². The van der Waals surface area contributed by atoms with Crippen LogP contribution < -0.4 is 10.6 Å². The third-order valence-electron chi connectivity index (χ3n) is 3.79. The molecule has 28 heavy (non-hydrogen) atoms. The Hall–Kier alpha value is -3.45. The van der Waals surface area contributed by atoms with Gasteiger partial charge in [-0.1, -0.05) is 23.7 Å². The summed E-state index contributed by atoms with van der Waals surface area (Å²) in [4.78, 5) is 28.5. The molecule has 1 heterocycles. The molecule has 3 rings (SSSR count). The number of carbonyl (C=O) groups is 2. The molecule has 0 aliphatic carbocycles. The van der Waals surface area contributed by atoms with Crippen LogP contribution in [0.5, 0.6) is 0 Å². The highest BCUT2D eigenvalue weighted by Crippen LogP contribution is 2.22. The Morgan fingerprint density at radius 3 is 2.64 bits per heavy atom.